The average molecular weight is 361 g/mol. The molecule has 0 radical (unpaired) electrons. The van der Waals surface area contributed by atoms with Gasteiger partial charge in [0.25, 0.3) is 5.56 Å². The van der Waals surface area contributed by atoms with Gasteiger partial charge < -0.3 is 9.67 Å². The maximum atomic E-state index is 14.4. The van der Waals surface area contributed by atoms with Gasteiger partial charge in [-0.25, -0.2) is 8.78 Å². The summed E-state index contributed by atoms with van der Waals surface area (Å²) in [6.07, 6.45) is 1.33. The summed E-state index contributed by atoms with van der Waals surface area (Å²) in [6.45, 7) is 6.09. The highest BCUT2D eigenvalue weighted by atomic mass is 28.3. The van der Waals surface area contributed by atoms with Crippen molar-refractivity contribution in [3.63, 3.8) is 0 Å². The maximum absolute atomic E-state index is 14.4. The Morgan fingerprint density at radius 1 is 1.20 bits per heavy atom. The monoisotopic (exact) mass is 361 g/mol. The summed E-state index contributed by atoms with van der Waals surface area (Å²) in [5.74, 6) is 1.40. The lowest BCUT2D eigenvalue weighted by atomic mass is 9.84. The highest BCUT2D eigenvalue weighted by Gasteiger charge is 2.36. The summed E-state index contributed by atoms with van der Waals surface area (Å²) < 4.78 is 29.3. The number of aliphatic hydroxyl groups is 1. The Bertz CT molecular complexity index is 906. The van der Waals surface area contributed by atoms with Crippen LogP contribution in [0.25, 0.3) is 0 Å². The highest BCUT2D eigenvalue weighted by molar-refractivity contribution is 6.83. The molecule has 2 rings (SSSR count). The van der Waals surface area contributed by atoms with Gasteiger partial charge in [0.2, 0.25) is 0 Å². The number of nitrogens with zero attached hydrogens (tertiary/aromatic N) is 1. The zero-order valence-electron chi connectivity index (χ0n) is 14.7. The van der Waals surface area contributed by atoms with E-state index in [9.17, 15) is 18.7 Å². The van der Waals surface area contributed by atoms with Crippen molar-refractivity contribution in [2.45, 2.75) is 31.7 Å². The van der Waals surface area contributed by atoms with Crippen molar-refractivity contribution in [1.82, 2.24) is 4.57 Å². The van der Waals surface area contributed by atoms with Crippen molar-refractivity contribution >= 4 is 8.07 Å². The van der Waals surface area contributed by atoms with E-state index >= 15 is 0 Å². The lowest BCUT2D eigenvalue weighted by molar-refractivity contribution is 0.0801. The molecular weight excluding hydrogens is 340 g/mol. The quantitative estimate of drug-likeness (QED) is 0.674. The Morgan fingerprint density at radius 3 is 2.52 bits per heavy atom. The van der Waals surface area contributed by atoms with E-state index in [0.29, 0.717) is 0 Å². The molecule has 0 aliphatic heterocycles. The third-order valence-corrected chi connectivity index (χ3v) is 4.68. The summed E-state index contributed by atoms with van der Waals surface area (Å²) >= 11 is 0. The van der Waals surface area contributed by atoms with E-state index in [4.69, 9.17) is 0 Å². The second-order valence-corrected chi connectivity index (χ2v) is 11.8. The first kappa shape index (κ1) is 19.1. The van der Waals surface area contributed by atoms with Gasteiger partial charge in [-0.1, -0.05) is 19.6 Å². The number of aromatic nitrogens is 1. The Balaban J connectivity index is 2.70. The SMILES string of the molecule is Cn1cccc(C(O)(CC#C[Si](C)(C)C)c2cc(F)ccc2F)c1=O. The van der Waals surface area contributed by atoms with Crippen LogP contribution in [-0.2, 0) is 12.6 Å². The van der Waals surface area contributed by atoms with Crippen LogP contribution in [-0.4, -0.2) is 17.7 Å². The number of pyridine rings is 1. The minimum atomic E-state index is -2.03. The van der Waals surface area contributed by atoms with Gasteiger partial charge in [-0.2, -0.15) is 0 Å². The summed E-state index contributed by atoms with van der Waals surface area (Å²) in [6, 6.07) is 5.82. The van der Waals surface area contributed by atoms with E-state index < -0.39 is 30.9 Å². The second-order valence-electron chi connectivity index (χ2n) is 7.05. The average Bonchev–Trinajstić information content (AvgIpc) is 2.51. The van der Waals surface area contributed by atoms with Gasteiger partial charge in [-0.05, 0) is 30.3 Å². The topological polar surface area (TPSA) is 42.2 Å². The van der Waals surface area contributed by atoms with Crippen LogP contribution in [0.5, 0.6) is 0 Å². The van der Waals surface area contributed by atoms with Crippen LogP contribution >= 0.6 is 0 Å². The molecule has 6 heteroatoms. The lowest BCUT2D eigenvalue weighted by Gasteiger charge is -2.27. The molecule has 2 aromatic rings. The minimum Gasteiger partial charge on any atom is -0.379 e. The van der Waals surface area contributed by atoms with Crippen LogP contribution in [0, 0.1) is 23.1 Å². The molecule has 0 aliphatic rings. The number of hydrogen-bond donors (Lipinski definition) is 1. The first-order valence-corrected chi connectivity index (χ1v) is 11.4. The van der Waals surface area contributed by atoms with Crippen molar-refractivity contribution in [3.05, 3.63) is 69.6 Å². The molecule has 1 unspecified atom stereocenters. The van der Waals surface area contributed by atoms with E-state index in [2.05, 4.69) is 11.5 Å². The minimum absolute atomic E-state index is 0.0353. The highest BCUT2D eigenvalue weighted by Crippen LogP contribution is 2.33. The molecule has 3 nitrogen and oxygen atoms in total. The Labute approximate surface area is 147 Å². The summed E-state index contributed by atoms with van der Waals surface area (Å²) in [5.41, 5.74) is 0.247. The zero-order chi connectivity index (χ0) is 18.8. The normalized spacial score (nSPS) is 13.7. The largest absolute Gasteiger partial charge is 0.379 e. The number of benzene rings is 1. The number of aryl methyl sites for hydroxylation is 1. The van der Waals surface area contributed by atoms with E-state index in [0.717, 1.165) is 18.2 Å². The summed E-state index contributed by atoms with van der Waals surface area (Å²) in [4.78, 5) is 12.5. The Morgan fingerprint density at radius 2 is 1.88 bits per heavy atom. The van der Waals surface area contributed by atoms with E-state index in [1.54, 1.807) is 6.07 Å². The van der Waals surface area contributed by atoms with Gasteiger partial charge in [0.05, 0.1) is 5.56 Å². The fraction of sp³-hybridized carbons (Fsp3) is 0.316. The smallest absolute Gasteiger partial charge is 0.256 e. The van der Waals surface area contributed by atoms with Crippen molar-refractivity contribution in [3.8, 4) is 11.5 Å². The predicted molar refractivity (Wildman–Crippen MR) is 96.8 cm³/mol. The van der Waals surface area contributed by atoms with Crippen molar-refractivity contribution in [1.29, 1.82) is 0 Å². The van der Waals surface area contributed by atoms with Gasteiger partial charge in [0.1, 0.15) is 25.3 Å². The van der Waals surface area contributed by atoms with Crippen molar-refractivity contribution in [2.75, 3.05) is 0 Å². The third kappa shape index (κ3) is 4.24. The molecule has 0 saturated carbocycles. The van der Waals surface area contributed by atoms with Crippen LogP contribution in [0.2, 0.25) is 19.6 Å². The molecule has 0 saturated heterocycles. The molecule has 1 aromatic heterocycles. The van der Waals surface area contributed by atoms with Crippen LogP contribution in [0.3, 0.4) is 0 Å². The van der Waals surface area contributed by atoms with Gasteiger partial charge in [0, 0.05) is 25.2 Å². The predicted octanol–water partition coefficient (Wildman–Crippen LogP) is 3.17. The molecule has 25 heavy (non-hydrogen) atoms. The van der Waals surface area contributed by atoms with Gasteiger partial charge in [-0.15, -0.1) is 11.5 Å². The molecule has 0 spiro atoms. The van der Waals surface area contributed by atoms with Gasteiger partial charge in [0.15, 0.2) is 0 Å². The first-order valence-electron chi connectivity index (χ1n) is 7.89. The molecule has 1 N–H and O–H groups in total. The standard InChI is InChI=1S/C19H21F2NO2Si/c1-22-11-5-7-15(18(22)23)19(24,10-6-12-25(2,3)4)16-13-14(20)8-9-17(16)21/h5,7-9,11,13,24H,10H2,1-4H3. The van der Waals surface area contributed by atoms with Crippen molar-refractivity contribution < 1.29 is 13.9 Å². The fourth-order valence-electron chi connectivity index (χ4n) is 2.50. The van der Waals surface area contributed by atoms with Crippen LogP contribution in [0.4, 0.5) is 8.78 Å². The van der Waals surface area contributed by atoms with E-state index in [1.807, 2.05) is 19.6 Å². The summed E-state index contributed by atoms with van der Waals surface area (Å²) in [5, 5.41) is 11.3. The van der Waals surface area contributed by atoms with E-state index in [-0.39, 0.29) is 17.5 Å². The Hall–Kier alpha value is -2.23. The van der Waals surface area contributed by atoms with E-state index in [1.165, 1.54) is 23.9 Å². The van der Waals surface area contributed by atoms with Crippen LogP contribution in [0.15, 0.2) is 41.3 Å². The molecular formula is C19H21F2NO2Si. The molecule has 0 fully saturated rings. The molecule has 0 bridgehead atoms. The lowest BCUT2D eigenvalue weighted by Crippen LogP contribution is -2.36. The van der Waals surface area contributed by atoms with Crippen molar-refractivity contribution in [2.24, 2.45) is 7.05 Å². The number of hydrogen-bond acceptors (Lipinski definition) is 2. The summed E-state index contributed by atoms with van der Waals surface area (Å²) in [7, 11) is -0.202. The second kappa shape index (κ2) is 6.94. The molecule has 1 heterocycles. The fourth-order valence-corrected chi connectivity index (χ4v) is 3.12. The molecule has 0 aliphatic carbocycles. The number of halogens is 2. The van der Waals surface area contributed by atoms with Gasteiger partial charge >= 0.3 is 0 Å². The maximum Gasteiger partial charge on any atom is 0.256 e. The molecule has 1 atom stereocenters. The third-order valence-electron chi connectivity index (χ3n) is 3.75. The molecule has 132 valence electrons. The first-order chi connectivity index (χ1) is 11.5. The van der Waals surface area contributed by atoms with Gasteiger partial charge in [-0.3, -0.25) is 4.79 Å². The zero-order valence-corrected chi connectivity index (χ0v) is 15.7. The number of rotatable bonds is 3. The molecule has 0 amide bonds. The Kier molecular flexibility index (Phi) is 5.30. The molecule has 1 aromatic carbocycles. The van der Waals surface area contributed by atoms with Crippen LogP contribution in [0.1, 0.15) is 17.5 Å². The van der Waals surface area contributed by atoms with Crippen LogP contribution < -0.4 is 5.56 Å².